The highest BCUT2D eigenvalue weighted by atomic mass is 32.1. The number of carbonyl (C=O) groups excluding carboxylic acids is 1. The van der Waals surface area contributed by atoms with E-state index in [2.05, 4.69) is 6.07 Å². The van der Waals surface area contributed by atoms with E-state index in [0.29, 0.717) is 36.2 Å². The van der Waals surface area contributed by atoms with Gasteiger partial charge in [-0.15, -0.1) is 11.3 Å². The third kappa shape index (κ3) is 3.63. The van der Waals surface area contributed by atoms with Crippen LogP contribution in [-0.2, 0) is 17.8 Å². The smallest absolute Gasteiger partial charge is 0.290 e. The van der Waals surface area contributed by atoms with Crippen molar-refractivity contribution in [1.82, 2.24) is 4.90 Å². The van der Waals surface area contributed by atoms with E-state index in [1.54, 1.807) is 44.8 Å². The summed E-state index contributed by atoms with van der Waals surface area (Å²) in [6, 6.07) is 11.3. The molecular weight excluding hydrogens is 390 g/mol. The van der Waals surface area contributed by atoms with Crippen molar-refractivity contribution in [2.24, 2.45) is 0 Å². The number of nitrogens with zero attached hydrogens (tertiary/aromatic N) is 1. The normalized spacial score (nSPS) is 15.8. The Hall–Kier alpha value is -2.77. The van der Waals surface area contributed by atoms with Crippen molar-refractivity contribution in [3.05, 3.63) is 69.3 Å². The first-order chi connectivity index (χ1) is 14.2. The Labute approximate surface area is 173 Å². The number of ether oxygens (including phenoxy) is 3. The van der Waals surface area contributed by atoms with Gasteiger partial charge in [-0.25, -0.2) is 0 Å². The third-order valence-corrected chi connectivity index (χ3v) is 6.03. The molecule has 1 atom stereocenters. The standard InChI is InChI=1S/C22H23NO5S/c1-25-13-15-6-7-17(28-15)22(24)23-9-8-14-11-18(26-2)19(27-3)12-16(14)21(23)20-5-4-10-29-20/h4-7,10-12,21H,8-9,13H2,1-3H3. The number of methoxy groups -OCH3 is 3. The molecule has 0 aliphatic carbocycles. The summed E-state index contributed by atoms with van der Waals surface area (Å²) >= 11 is 1.63. The van der Waals surface area contributed by atoms with E-state index in [1.165, 1.54) is 0 Å². The first-order valence-electron chi connectivity index (χ1n) is 9.33. The summed E-state index contributed by atoms with van der Waals surface area (Å²) in [4.78, 5) is 16.3. The van der Waals surface area contributed by atoms with Crippen LogP contribution in [0.4, 0.5) is 0 Å². The van der Waals surface area contributed by atoms with E-state index in [1.807, 2.05) is 28.5 Å². The highest BCUT2D eigenvalue weighted by Crippen LogP contribution is 2.42. The number of amides is 1. The second kappa shape index (κ2) is 8.31. The minimum absolute atomic E-state index is 0.133. The Morgan fingerprint density at radius 3 is 2.66 bits per heavy atom. The van der Waals surface area contributed by atoms with Crippen LogP contribution in [0.5, 0.6) is 11.5 Å². The highest BCUT2D eigenvalue weighted by molar-refractivity contribution is 7.10. The lowest BCUT2D eigenvalue weighted by atomic mass is 9.90. The third-order valence-electron chi connectivity index (χ3n) is 5.11. The molecule has 3 heterocycles. The van der Waals surface area contributed by atoms with Gasteiger partial charge >= 0.3 is 0 Å². The number of carbonyl (C=O) groups is 1. The minimum Gasteiger partial charge on any atom is -0.493 e. The fourth-order valence-corrected chi connectivity index (χ4v) is 4.63. The Kier molecular flexibility index (Phi) is 5.60. The molecular formula is C22H23NO5S. The van der Waals surface area contributed by atoms with Crippen LogP contribution >= 0.6 is 11.3 Å². The quantitative estimate of drug-likeness (QED) is 0.603. The van der Waals surface area contributed by atoms with Gasteiger partial charge in [0.25, 0.3) is 5.91 Å². The Balaban J connectivity index is 1.76. The lowest BCUT2D eigenvalue weighted by molar-refractivity contribution is 0.0657. The highest BCUT2D eigenvalue weighted by Gasteiger charge is 2.35. The maximum Gasteiger partial charge on any atom is 0.290 e. The molecule has 1 aliphatic rings. The van der Waals surface area contributed by atoms with Gasteiger partial charge in [0.05, 0.1) is 20.3 Å². The van der Waals surface area contributed by atoms with Crippen molar-refractivity contribution in [2.45, 2.75) is 19.1 Å². The van der Waals surface area contributed by atoms with Crippen LogP contribution in [0.1, 0.15) is 38.4 Å². The summed E-state index contributed by atoms with van der Waals surface area (Å²) in [7, 11) is 4.85. The summed E-state index contributed by atoms with van der Waals surface area (Å²) in [6.45, 7) is 0.922. The van der Waals surface area contributed by atoms with Crippen molar-refractivity contribution in [3.8, 4) is 11.5 Å². The molecule has 1 unspecified atom stereocenters. The number of hydrogen-bond donors (Lipinski definition) is 0. The average Bonchev–Trinajstić information content (AvgIpc) is 3.44. The molecule has 4 rings (SSSR count). The van der Waals surface area contributed by atoms with Crippen molar-refractivity contribution < 1.29 is 23.4 Å². The number of hydrogen-bond acceptors (Lipinski definition) is 6. The van der Waals surface area contributed by atoms with Crippen LogP contribution in [0, 0.1) is 0 Å². The van der Waals surface area contributed by atoms with Crippen LogP contribution < -0.4 is 9.47 Å². The van der Waals surface area contributed by atoms with Crippen LogP contribution in [0.3, 0.4) is 0 Å². The summed E-state index contributed by atoms with van der Waals surface area (Å²) in [5, 5.41) is 2.02. The molecule has 1 aromatic carbocycles. The average molecular weight is 413 g/mol. The van der Waals surface area contributed by atoms with Crippen LogP contribution in [0.25, 0.3) is 0 Å². The van der Waals surface area contributed by atoms with Crippen LogP contribution in [-0.4, -0.2) is 38.7 Å². The molecule has 152 valence electrons. The second-order valence-corrected chi connectivity index (χ2v) is 7.75. The number of thiophene rings is 1. The van der Waals surface area contributed by atoms with Gasteiger partial charge in [0, 0.05) is 18.5 Å². The van der Waals surface area contributed by atoms with E-state index < -0.39 is 0 Å². The minimum atomic E-state index is -0.206. The van der Waals surface area contributed by atoms with Crippen LogP contribution in [0.15, 0.2) is 46.2 Å². The Morgan fingerprint density at radius 2 is 1.97 bits per heavy atom. The van der Waals surface area contributed by atoms with Crippen LogP contribution in [0.2, 0.25) is 0 Å². The van der Waals surface area contributed by atoms with E-state index in [0.717, 1.165) is 22.4 Å². The van der Waals surface area contributed by atoms with Gasteiger partial charge in [-0.1, -0.05) is 6.07 Å². The summed E-state index contributed by atoms with van der Waals surface area (Å²) in [6.07, 6.45) is 0.731. The largest absolute Gasteiger partial charge is 0.493 e. The predicted molar refractivity (Wildman–Crippen MR) is 110 cm³/mol. The topological polar surface area (TPSA) is 61.1 Å². The van der Waals surface area contributed by atoms with E-state index in [9.17, 15) is 4.79 Å². The Morgan fingerprint density at radius 1 is 1.17 bits per heavy atom. The molecule has 0 bridgehead atoms. The first-order valence-corrected chi connectivity index (χ1v) is 10.2. The molecule has 1 amide bonds. The molecule has 0 saturated heterocycles. The molecule has 0 spiro atoms. The van der Waals surface area contributed by atoms with Gasteiger partial charge in [0.1, 0.15) is 12.4 Å². The number of rotatable bonds is 6. The molecule has 0 fully saturated rings. The molecule has 3 aromatic rings. The SMILES string of the molecule is COCc1ccc(C(=O)N2CCc3cc(OC)c(OC)cc3C2c2cccs2)o1. The molecule has 1 aliphatic heterocycles. The zero-order chi connectivity index (χ0) is 20.4. The molecule has 7 heteroatoms. The molecule has 6 nitrogen and oxygen atoms in total. The van der Waals surface area contributed by atoms with E-state index in [4.69, 9.17) is 18.6 Å². The number of benzene rings is 1. The monoisotopic (exact) mass is 413 g/mol. The summed E-state index contributed by atoms with van der Waals surface area (Å²) in [5.74, 6) is 2.18. The second-order valence-electron chi connectivity index (χ2n) is 6.77. The molecule has 2 aromatic heterocycles. The predicted octanol–water partition coefficient (Wildman–Crippen LogP) is 4.29. The van der Waals surface area contributed by atoms with Gasteiger partial charge in [-0.3, -0.25) is 4.79 Å². The number of fused-ring (bicyclic) bond motifs is 1. The lowest BCUT2D eigenvalue weighted by Crippen LogP contribution is -2.40. The fraction of sp³-hybridized carbons (Fsp3) is 0.318. The molecule has 0 radical (unpaired) electrons. The van der Waals surface area contributed by atoms with E-state index in [-0.39, 0.29) is 11.9 Å². The molecule has 0 N–H and O–H groups in total. The number of furan rings is 1. The zero-order valence-corrected chi connectivity index (χ0v) is 17.5. The fourth-order valence-electron chi connectivity index (χ4n) is 3.77. The van der Waals surface area contributed by atoms with Crippen molar-refractivity contribution in [2.75, 3.05) is 27.9 Å². The van der Waals surface area contributed by atoms with Crippen molar-refractivity contribution in [1.29, 1.82) is 0 Å². The van der Waals surface area contributed by atoms with Gasteiger partial charge in [-0.05, 0) is 53.3 Å². The van der Waals surface area contributed by atoms with Gasteiger partial charge in [0.15, 0.2) is 17.3 Å². The van der Waals surface area contributed by atoms with Crippen molar-refractivity contribution in [3.63, 3.8) is 0 Å². The maximum atomic E-state index is 13.4. The van der Waals surface area contributed by atoms with Gasteiger partial charge in [0.2, 0.25) is 0 Å². The molecule has 0 saturated carbocycles. The summed E-state index contributed by atoms with van der Waals surface area (Å²) in [5.41, 5.74) is 2.21. The maximum absolute atomic E-state index is 13.4. The first kappa shape index (κ1) is 19.5. The Bertz CT molecular complexity index is 995. The summed E-state index contributed by atoms with van der Waals surface area (Å²) < 4.78 is 21.8. The van der Waals surface area contributed by atoms with Gasteiger partial charge in [-0.2, -0.15) is 0 Å². The molecule has 29 heavy (non-hydrogen) atoms. The van der Waals surface area contributed by atoms with E-state index >= 15 is 0 Å². The van der Waals surface area contributed by atoms with Gasteiger partial charge < -0.3 is 23.5 Å². The zero-order valence-electron chi connectivity index (χ0n) is 16.6. The lowest BCUT2D eigenvalue weighted by Gasteiger charge is -2.37. The van der Waals surface area contributed by atoms with Crippen molar-refractivity contribution >= 4 is 17.2 Å².